The zero-order valence-electron chi connectivity index (χ0n) is 22.4. The number of fused-ring (bicyclic) bond motifs is 5. The second-order valence-electron chi connectivity index (χ2n) is 10.6. The molecule has 0 amide bonds. The van der Waals surface area contributed by atoms with E-state index in [1.807, 2.05) is 111 Å². The Morgan fingerprint density at radius 3 is 2.27 bits per heavy atom. The maximum atomic E-state index is 14.1. The van der Waals surface area contributed by atoms with Crippen molar-refractivity contribution in [3.05, 3.63) is 146 Å². The van der Waals surface area contributed by atoms with Crippen LogP contribution in [0.1, 0.15) is 45.0 Å². The van der Waals surface area contributed by atoms with Crippen LogP contribution >= 0.6 is 0 Å². The molecule has 3 atom stereocenters. The number of aliphatic hydroxyl groups is 1. The van der Waals surface area contributed by atoms with E-state index in [4.69, 9.17) is 14.5 Å². The van der Waals surface area contributed by atoms with Gasteiger partial charge in [-0.3, -0.25) is 4.79 Å². The summed E-state index contributed by atoms with van der Waals surface area (Å²) in [5, 5.41) is 13.3. The van der Waals surface area contributed by atoms with Crippen molar-refractivity contribution in [1.82, 2.24) is 9.97 Å². The molecule has 2 N–H and O–H groups in total. The Kier molecular flexibility index (Phi) is 5.28. The van der Waals surface area contributed by atoms with Crippen molar-refractivity contribution in [2.24, 2.45) is 0 Å². The van der Waals surface area contributed by atoms with Crippen LogP contribution in [0.2, 0.25) is 0 Å². The molecule has 40 heavy (non-hydrogen) atoms. The third kappa shape index (κ3) is 3.14. The fourth-order valence-electron chi connectivity index (χ4n) is 6.75. The number of ether oxygens (including phenoxy) is 2. The predicted octanol–water partition coefficient (Wildman–Crippen LogP) is 5.73. The third-order valence-electron chi connectivity index (χ3n) is 8.31. The van der Waals surface area contributed by atoms with Crippen molar-refractivity contribution < 1.29 is 14.6 Å². The molecule has 0 saturated carbocycles. The van der Waals surface area contributed by atoms with Crippen LogP contribution in [0.5, 0.6) is 11.5 Å². The molecule has 7 rings (SSSR count). The molecule has 0 saturated heterocycles. The highest BCUT2D eigenvalue weighted by Crippen LogP contribution is 2.68. The first-order chi connectivity index (χ1) is 19.4. The number of benzene rings is 4. The van der Waals surface area contributed by atoms with Gasteiger partial charge in [0, 0.05) is 16.7 Å². The van der Waals surface area contributed by atoms with E-state index in [0.717, 1.165) is 27.8 Å². The number of methoxy groups -OCH3 is 1. The number of nitrogens with zero attached hydrogens (tertiary/aromatic N) is 1. The molecule has 4 aromatic carbocycles. The van der Waals surface area contributed by atoms with Crippen molar-refractivity contribution in [2.75, 3.05) is 7.11 Å². The van der Waals surface area contributed by atoms with E-state index in [0.29, 0.717) is 34.1 Å². The topological polar surface area (TPSA) is 84.4 Å². The lowest BCUT2D eigenvalue weighted by Crippen LogP contribution is -2.49. The molecule has 0 bridgehead atoms. The van der Waals surface area contributed by atoms with Crippen LogP contribution < -0.4 is 15.0 Å². The first kappa shape index (κ1) is 24.4. The third-order valence-corrected chi connectivity index (χ3v) is 8.31. The highest BCUT2D eigenvalue weighted by molar-refractivity contribution is 5.67. The Morgan fingerprint density at radius 1 is 0.925 bits per heavy atom. The fraction of sp³-hybridized carbons (Fsp3) is 0.176. The van der Waals surface area contributed by atoms with E-state index in [2.05, 4.69) is 4.98 Å². The molecule has 198 valence electrons. The summed E-state index contributed by atoms with van der Waals surface area (Å²) in [6.07, 6.45) is 0. The van der Waals surface area contributed by atoms with Gasteiger partial charge in [-0.15, -0.1) is 0 Å². The quantitative estimate of drug-likeness (QED) is 0.311. The van der Waals surface area contributed by atoms with E-state index in [-0.39, 0.29) is 5.56 Å². The summed E-state index contributed by atoms with van der Waals surface area (Å²) in [5.74, 6) is 1.01. The zero-order chi connectivity index (χ0) is 27.6. The van der Waals surface area contributed by atoms with Gasteiger partial charge in [-0.1, -0.05) is 78.9 Å². The van der Waals surface area contributed by atoms with Crippen LogP contribution in [0, 0.1) is 13.8 Å². The minimum atomic E-state index is -1.76. The van der Waals surface area contributed by atoms with Crippen LogP contribution in [0.25, 0.3) is 11.4 Å². The van der Waals surface area contributed by atoms with Crippen LogP contribution in [-0.4, -0.2) is 22.2 Å². The Hall–Kier alpha value is -4.68. The first-order valence-corrected chi connectivity index (χ1v) is 13.3. The molecule has 0 spiro atoms. The number of nitrogens with one attached hydrogen (secondary N) is 1. The molecule has 0 fully saturated rings. The minimum Gasteiger partial charge on any atom is -0.497 e. The summed E-state index contributed by atoms with van der Waals surface area (Å²) < 4.78 is 12.5. The molecule has 1 aliphatic carbocycles. The van der Waals surface area contributed by atoms with Crippen molar-refractivity contribution in [3.8, 4) is 22.9 Å². The van der Waals surface area contributed by atoms with Crippen LogP contribution in [0.15, 0.2) is 102 Å². The van der Waals surface area contributed by atoms with Crippen molar-refractivity contribution in [1.29, 1.82) is 0 Å². The Bertz CT molecular complexity index is 1820. The normalized spacial score (nSPS) is 22.2. The van der Waals surface area contributed by atoms with Gasteiger partial charge in [-0.25, -0.2) is 4.98 Å². The average molecular weight is 529 g/mol. The van der Waals surface area contributed by atoms with E-state index in [9.17, 15) is 9.90 Å². The average Bonchev–Trinajstić information content (AvgIpc) is 3.36. The van der Waals surface area contributed by atoms with Gasteiger partial charge in [0.2, 0.25) is 0 Å². The van der Waals surface area contributed by atoms with Crippen molar-refractivity contribution >= 4 is 0 Å². The number of aryl methyl sites for hydroxylation is 2. The lowest BCUT2D eigenvalue weighted by molar-refractivity contribution is -0.0906. The first-order valence-electron chi connectivity index (χ1n) is 13.3. The molecule has 0 unspecified atom stereocenters. The largest absolute Gasteiger partial charge is 0.497 e. The van der Waals surface area contributed by atoms with Crippen molar-refractivity contribution in [3.63, 3.8) is 0 Å². The lowest BCUT2D eigenvalue weighted by atomic mass is 9.69. The predicted molar refractivity (Wildman–Crippen MR) is 153 cm³/mol. The summed E-state index contributed by atoms with van der Waals surface area (Å²) in [7, 11) is 1.62. The van der Waals surface area contributed by atoms with Gasteiger partial charge >= 0.3 is 0 Å². The number of hydrogen-bond acceptors (Lipinski definition) is 5. The van der Waals surface area contributed by atoms with E-state index in [1.54, 1.807) is 7.11 Å². The van der Waals surface area contributed by atoms with E-state index >= 15 is 0 Å². The minimum absolute atomic E-state index is 0.302. The molecule has 6 heteroatoms. The Morgan fingerprint density at radius 2 is 1.60 bits per heavy atom. The monoisotopic (exact) mass is 528 g/mol. The Labute approximate surface area is 231 Å². The van der Waals surface area contributed by atoms with Crippen LogP contribution in [0.3, 0.4) is 0 Å². The van der Waals surface area contributed by atoms with Gasteiger partial charge in [0.05, 0.1) is 24.3 Å². The summed E-state index contributed by atoms with van der Waals surface area (Å²) >= 11 is 0. The molecule has 2 aliphatic rings. The molecule has 5 aromatic rings. The SMILES string of the molecule is COc1ccc([C@@]23Oc4cc(C)cc(C)c4[C@]2(O)c2nc(-c4ccccc4)[nH]c(=O)c2[C@@H]3c2ccccc2)cc1. The summed E-state index contributed by atoms with van der Waals surface area (Å²) in [4.78, 5) is 22.1. The number of H-pyrrole nitrogens is 1. The second kappa shape index (κ2) is 8.66. The fourth-order valence-corrected chi connectivity index (χ4v) is 6.75. The van der Waals surface area contributed by atoms with Crippen LogP contribution in [0.4, 0.5) is 0 Å². The molecule has 1 aliphatic heterocycles. The highest BCUT2D eigenvalue weighted by Gasteiger charge is 2.73. The van der Waals surface area contributed by atoms with Gasteiger partial charge in [-0.2, -0.15) is 0 Å². The molecule has 6 nitrogen and oxygen atoms in total. The van der Waals surface area contributed by atoms with Gasteiger partial charge < -0.3 is 19.6 Å². The van der Waals surface area contributed by atoms with E-state index in [1.165, 1.54) is 0 Å². The smallest absolute Gasteiger partial charge is 0.255 e. The van der Waals surface area contributed by atoms with Gasteiger partial charge in [0.1, 0.15) is 17.3 Å². The number of hydrogen-bond donors (Lipinski definition) is 2. The summed E-state index contributed by atoms with van der Waals surface area (Å²) in [6, 6.07) is 30.8. The number of aromatic amines is 1. The molecule has 1 aromatic heterocycles. The van der Waals surface area contributed by atoms with Crippen LogP contribution in [-0.2, 0) is 11.2 Å². The lowest BCUT2D eigenvalue weighted by Gasteiger charge is -2.40. The summed E-state index contributed by atoms with van der Waals surface area (Å²) in [6.45, 7) is 3.98. The second-order valence-corrected chi connectivity index (χ2v) is 10.6. The summed E-state index contributed by atoms with van der Waals surface area (Å²) in [5.41, 5.74) is 2.08. The number of rotatable bonds is 4. The van der Waals surface area contributed by atoms with E-state index < -0.39 is 17.1 Å². The molecular formula is C34H28N2O4. The standard InChI is InChI=1S/C34H28N2O4/c1-20-18-21(2)28-26(19-20)40-34(24-14-16-25(39-3)17-15-24)29(22-10-6-4-7-11-22)27-30(33(28,34)38)35-31(36-32(27)37)23-12-8-5-9-13-23/h4-19,29,38H,1-3H3,(H,35,36,37)/t29-,33-,34-/m0/s1. The highest BCUT2D eigenvalue weighted by atomic mass is 16.5. The van der Waals surface area contributed by atoms with Gasteiger partial charge in [-0.05, 0) is 48.7 Å². The van der Waals surface area contributed by atoms with Crippen molar-refractivity contribution in [2.45, 2.75) is 31.0 Å². The Balaban J connectivity index is 1.63. The zero-order valence-corrected chi connectivity index (χ0v) is 22.4. The van der Waals surface area contributed by atoms with Gasteiger partial charge in [0.25, 0.3) is 5.56 Å². The molecule has 2 heterocycles. The van der Waals surface area contributed by atoms with Gasteiger partial charge in [0.15, 0.2) is 11.2 Å². The molecular weight excluding hydrogens is 500 g/mol. The maximum Gasteiger partial charge on any atom is 0.255 e. The maximum absolute atomic E-state index is 14.1. The molecule has 0 radical (unpaired) electrons. The number of aromatic nitrogens is 2.